The van der Waals surface area contributed by atoms with E-state index in [1.165, 1.54) is 0 Å². The van der Waals surface area contributed by atoms with E-state index in [9.17, 15) is 4.79 Å². The fraction of sp³-hybridized carbons (Fsp3) is 0.0417. The summed E-state index contributed by atoms with van der Waals surface area (Å²) >= 11 is 0. The average Bonchev–Trinajstić information content (AvgIpc) is 3.43. The van der Waals surface area contributed by atoms with E-state index in [4.69, 9.17) is 9.68 Å². The molecule has 2 heterocycles. The Hall–Kier alpha value is -4.55. The van der Waals surface area contributed by atoms with Crippen LogP contribution >= 0.6 is 0 Å². The molecule has 0 aliphatic heterocycles. The van der Waals surface area contributed by atoms with Crippen LogP contribution in [0.2, 0.25) is 0 Å². The maximum Gasteiger partial charge on any atom is 0.291 e. The number of amides is 1. The van der Waals surface area contributed by atoms with Gasteiger partial charge in [0.2, 0.25) is 0 Å². The third kappa shape index (κ3) is 4.64. The van der Waals surface area contributed by atoms with Gasteiger partial charge in [-0.3, -0.25) is 9.48 Å². The van der Waals surface area contributed by atoms with Crippen LogP contribution in [0.5, 0.6) is 0 Å². The summed E-state index contributed by atoms with van der Waals surface area (Å²) in [6.45, 7) is 0.491. The fourth-order valence-corrected chi connectivity index (χ4v) is 2.82. The number of nitriles is 1. The molecule has 0 saturated heterocycles. The number of aromatic nitrogens is 2. The van der Waals surface area contributed by atoms with Gasteiger partial charge in [-0.25, -0.2) is 0 Å². The van der Waals surface area contributed by atoms with Crippen molar-refractivity contribution in [2.24, 2.45) is 0 Å². The molecule has 0 spiro atoms. The van der Waals surface area contributed by atoms with Gasteiger partial charge in [-0.05, 0) is 47.9 Å². The molecule has 1 N–H and O–H groups in total. The Morgan fingerprint density at radius 3 is 2.70 bits per heavy atom. The second kappa shape index (κ2) is 8.64. The fourth-order valence-electron chi connectivity index (χ4n) is 2.82. The van der Waals surface area contributed by atoms with Gasteiger partial charge in [0.25, 0.3) is 5.91 Å². The Labute approximate surface area is 173 Å². The number of nitrogens with one attached hydrogen (secondary N) is 1. The Balaban J connectivity index is 1.40. The molecule has 2 aromatic carbocycles. The van der Waals surface area contributed by atoms with Gasteiger partial charge in [0.05, 0.1) is 30.1 Å². The second-order valence-corrected chi connectivity index (χ2v) is 6.47. The number of hydrogen-bond acceptors (Lipinski definition) is 4. The lowest BCUT2D eigenvalue weighted by Crippen LogP contribution is -2.10. The Morgan fingerprint density at radius 2 is 1.87 bits per heavy atom. The topological polar surface area (TPSA) is 83.9 Å². The number of carbonyl (C=O) groups excluding carboxylic acids is 1. The van der Waals surface area contributed by atoms with Gasteiger partial charge in [0.15, 0.2) is 11.5 Å². The molecule has 0 aliphatic carbocycles. The molecule has 4 aromatic rings. The largest absolute Gasteiger partial charge is 0.443 e. The summed E-state index contributed by atoms with van der Waals surface area (Å²) in [7, 11) is 0. The van der Waals surface area contributed by atoms with Gasteiger partial charge in [0.1, 0.15) is 0 Å². The monoisotopic (exact) mass is 392 g/mol. The van der Waals surface area contributed by atoms with Crippen molar-refractivity contribution in [2.45, 2.75) is 6.54 Å². The number of carbonyl (C=O) groups is 1. The predicted octanol–water partition coefficient (Wildman–Crippen LogP) is 4.05. The van der Waals surface area contributed by atoms with Crippen molar-refractivity contribution in [1.82, 2.24) is 9.78 Å². The van der Waals surface area contributed by atoms with Crippen molar-refractivity contribution < 1.29 is 9.21 Å². The predicted molar refractivity (Wildman–Crippen MR) is 112 cm³/mol. The molecule has 1 amide bonds. The number of anilines is 1. The minimum absolute atomic E-state index is 0.168. The standard InChI is InChI=1S/C24H16N4O2/c25-14-19-7-4-8-20(13-19)16-28-17-21(15-26-28)27-24(29)23-12-11-22(30-23)10-9-18-5-2-1-3-6-18/h1-8,11-13,15,17H,16H2,(H,27,29). The number of furan rings is 1. The molecule has 144 valence electrons. The molecule has 6 heteroatoms. The van der Waals surface area contributed by atoms with Crippen molar-refractivity contribution >= 4 is 11.6 Å². The smallest absolute Gasteiger partial charge is 0.291 e. The third-order valence-corrected chi connectivity index (χ3v) is 4.23. The molecular weight excluding hydrogens is 376 g/mol. The lowest BCUT2D eigenvalue weighted by Gasteiger charge is -2.02. The van der Waals surface area contributed by atoms with Crippen molar-refractivity contribution in [3.63, 3.8) is 0 Å². The third-order valence-electron chi connectivity index (χ3n) is 4.23. The first-order valence-corrected chi connectivity index (χ1v) is 9.19. The Morgan fingerprint density at radius 1 is 1.03 bits per heavy atom. The lowest BCUT2D eigenvalue weighted by molar-refractivity contribution is 0.0996. The Bertz CT molecular complexity index is 1280. The molecule has 2 aromatic heterocycles. The van der Waals surface area contributed by atoms with E-state index in [2.05, 4.69) is 28.3 Å². The Kier molecular flexibility index (Phi) is 5.41. The highest BCUT2D eigenvalue weighted by atomic mass is 16.3. The van der Waals surface area contributed by atoms with E-state index < -0.39 is 0 Å². The number of benzene rings is 2. The van der Waals surface area contributed by atoms with Crippen LogP contribution in [0.25, 0.3) is 0 Å². The molecule has 0 radical (unpaired) electrons. The van der Waals surface area contributed by atoms with Crippen LogP contribution < -0.4 is 5.32 Å². The van der Waals surface area contributed by atoms with Gasteiger partial charge in [0, 0.05) is 11.8 Å². The minimum atomic E-state index is -0.381. The molecule has 0 atom stereocenters. The maximum absolute atomic E-state index is 12.4. The van der Waals surface area contributed by atoms with Crippen LogP contribution in [0.15, 0.2) is 83.5 Å². The average molecular weight is 392 g/mol. The highest BCUT2D eigenvalue weighted by Gasteiger charge is 2.12. The van der Waals surface area contributed by atoms with E-state index in [-0.39, 0.29) is 11.7 Å². The molecule has 0 bridgehead atoms. The first-order valence-electron chi connectivity index (χ1n) is 9.19. The summed E-state index contributed by atoms with van der Waals surface area (Å²) in [4.78, 5) is 12.4. The van der Waals surface area contributed by atoms with E-state index >= 15 is 0 Å². The number of rotatable bonds is 4. The molecule has 0 fully saturated rings. The van der Waals surface area contributed by atoms with Crippen molar-refractivity contribution in [2.75, 3.05) is 5.32 Å². The maximum atomic E-state index is 12.4. The van der Waals surface area contributed by atoms with Crippen molar-refractivity contribution in [1.29, 1.82) is 5.26 Å². The summed E-state index contributed by atoms with van der Waals surface area (Å²) in [6, 6.07) is 22.2. The van der Waals surface area contributed by atoms with Crippen molar-refractivity contribution in [3.05, 3.63) is 107 Å². The van der Waals surface area contributed by atoms with E-state index in [1.807, 2.05) is 42.5 Å². The van der Waals surface area contributed by atoms with Crippen LogP contribution in [-0.2, 0) is 6.54 Å². The molecule has 0 unspecified atom stereocenters. The van der Waals surface area contributed by atoms with Gasteiger partial charge >= 0.3 is 0 Å². The van der Waals surface area contributed by atoms with Gasteiger partial charge in [-0.2, -0.15) is 10.4 Å². The summed E-state index contributed by atoms with van der Waals surface area (Å²) in [5.41, 5.74) is 2.96. The second-order valence-electron chi connectivity index (χ2n) is 6.47. The summed E-state index contributed by atoms with van der Waals surface area (Å²) in [5, 5.41) is 16.0. The summed E-state index contributed by atoms with van der Waals surface area (Å²) in [5.74, 6) is 6.09. The van der Waals surface area contributed by atoms with Gasteiger partial charge < -0.3 is 9.73 Å². The summed E-state index contributed by atoms with van der Waals surface area (Å²) in [6.07, 6.45) is 3.28. The first kappa shape index (κ1) is 18.8. The molecule has 4 rings (SSSR count). The zero-order valence-electron chi connectivity index (χ0n) is 15.9. The normalized spacial score (nSPS) is 9.97. The molecular formula is C24H16N4O2. The van der Waals surface area contributed by atoms with Crippen LogP contribution in [-0.4, -0.2) is 15.7 Å². The molecule has 30 heavy (non-hydrogen) atoms. The quantitative estimate of drug-likeness (QED) is 0.531. The first-order chi connectivity index (χ1) is 14.7. The molecule has 0 saturated carbocycles. The highest BCUT2D eigenvalue weighted by molar-refractivity contribution is 6.02. The SMILES string of the molecule is N#Cc1cccc(Cn2cc(NC(=O)c3ccc(C#Cc4ccccc4)o3)cn2)c1. The lowest BCUT2D eigenvalue weighted by atomic mass is 10.1. The molecule has 0 aliphatic rings. The van der Waals surface area contributed by atoms with Crippen LogP contribution in [0.4, 0.5) is 5.69 Å². The summed E-state index contributed by atoms with van der Waals surface area (Å²) < 4.78 is 7.21. The van der Waals surface area contributed by atoms with Crippen LogP contribution in [0.1, 0.15) is 33.0 Å². The number of hydrogen-bond donors (Lipinski definition) is 1. The van der Waals surface area contributed by atoms with Gasteiger partial charge in [-0.15, -0.1) is 0 Å². The van der Waals surface area contributed by atoms with Gasteiger partial charge in [-0.1, -0.05) is 36.3 Å². The van der Waals surface area contributed by atoms with Crippen LogP contribution in [0, 0.1) is 23.2 Å². The molecule has 6 nitrogen and oxygen atoms in total. The van der Waals surface area contributed by atoms with Crippen LogP contribution in [0.3, 0.4) is 0 Å². The minimum Gasteiger partial charge on any atom is -0.443 e. The van der Waals surface area contributed by atoms with Crippen molar-refractivity contribution in [3.8, 4) is 17.9 Å². The highest BCUT2D eigenvalue weighted by Crippen LogP contribution is 2.13. The van der Waals surface area contributed by atoms with E-state index in [1.54, 1.807) is 41.3 Å². The number of nitrogens with zero attached hydrogens (tertiary/aromatic N) is 3. The van der Waals surface area contributed by atoms with E-state index in [0.717, 1.165) is 11.1 Å². The zero-order valence-corrected chi connectivity index (χ0v) is 15.9. The van der Waals surface area contributed by atoms with E-state index in [0.29, 0.717) is 23.6 Å². The zero-order chi connectivity index (χ0) is 20.8.